The molecule has 0 radical (unpaired) electrons. The quantitative estimate of drug-likeness (QED) is 0.167. The van der Waals surface area contributed by atoms with E-state index in [1.807, 2.05) is 4.90 Å². The summed E-state index contributed by atoms with van der Waals surface area (Å²) in [6, 6.07) is 10.2. The van der Waals surface area contributed by atoms with Crippen molar-refractivity contribution in [3.63, 3.8) is 0 Å². The van der Waals surface area contributed by atoms with E-state index >= 15 is 0 Å². The molecule has 38 heavy (non-hydrogen) atoms. The molecular weight excluding hydrogens is 531 g/mol. The summed E-state index contributed by atoms with van der Waals surface area (Å²) in [5.74, 6) is 0.0300. The van der Waals surface area contributed by atoms with Crippen LogP contribution < -0.4 is 4.90 Å². The van der Waals surface area contributed by atoms with Crippen molar-refractivity contribution in [3.8, 4) is 11.8 Å². The third kappa shape index (κ3) is 4.71. The van der Waals surface area contributed by atoms with E-state index < -0.39 is 0 Å². The van der Waals surface area contributed by atoms with Gasteiger partial charge in [0.05, 0.1) is 11.0 Å². The molecule has 3 aromatic heterocycles. The first-order chi connectivity index (χ1) is 18.4. The molecule has 5 aromatic rings. The molecule has 4 heterocycles. The fourth-order valence-electron chi connectivity index (χ4n) is 4.33. The Morgan fingerprint density at radius 3 is 1.68 bits per heavy atom. The average Bonchev–Trinajstić information content (AvgIpc) is 3.40. The highest BCUT2D eigenvalue weighted by Gasteiger charge is 2.18. The van der Waals surface area contributed by atoms with Gasteiger partial charge >= 0.3 is 0 Å². The van der Waals surface area contributed by atoms with Crippen molar-refractivity contribution in [1.82, 2.24) is 24.9 Å². The third-order valence-corrected chi connectivity index (χ3v) is 6.62. The number of anilines is 1. The van der Waals surface area contributed by atoms with Gasteiger partial charge < -0.3 is 25.1 Å². The van der Waals surface area contributed by atoms with Crippen molar-refractivity contribution in [2.45, 2.75) is 19.3 Å². The zero-order chi connectivity index (χ0) is 26.2. The van der Waals surface area contributed by atoms with Gasteiger partial charge in [0.1, 0.15) is 0 Å². The molecule has 1 aliphatic heterocycles. The highest BCUT2D eigenvalue weighted by molar-refractivity contribution is 6.31. The number of hydrogen-bond acceptors (Lipinski definition) is 10. The van der Waals surface area contributed by atoms with E-state index in [2.05, 4.69) is 45.4 Å². The van der Waals surface area contributed by atoms with E-state index in [9.17, 15) is 10.2 Å². The van der Waals surface area contributed by atoms with Gasteiger partial charge in [-0.25, -0.2) is 0 Å². The molecule has 0 unspecified atom stereocenters. The Kier molecular flexibility index (Phi) is 6.26. The Morgan fingerprint density at radius 1 is 0.684 bits per heavy atom. The highest BCUT2D eigenvalue weighted by Crippen LogP contribution is 2.39. The molecular formula is C24H20Cl2N10O2. The van der Waals surface area contributed by atoms with Crippen LogP contribution in [0.2, 0.25) is 10.0 Å². The van der Waals surface area contributed by atoms with Gasteiger partial charge in [0, 0.05) is 33.9 Å². The van der Waals surface area contributed by atoms with E-state index in [-0.39, 0.29) is 35.0 Å². The normalized spacial score (nSPS) is 14.5. The van der Waals surface area contributed by atoms with Crippen molar-refractivity contribution >= 4 is 74.2 Å². The number of nitrogens with one attached hydrogen (secondary N) is 2. The van der Waals surface area contributed by atoms with Crippen LogP contribution in [0.3, 0.4) is 0 Å². The van der Waals surface area contributed by atoms with Crippen LogP contribution in [0.25, 0.3) is 21.8 Å². The smallest absolute Gasteiger partial charge is 0.275 e. The molecule has 0 atom stereocenters. The second kappa shape index (κ2) is 9.88. The maximum atomic E-state index is 10.4. The zero-order valence-electron chi connectivity index (χ0n) is 19.7. The Morgan fingerprint density at radius 2 is 1.18 bits per heavy atom. The second-order valence-corrected chi connectivity index (χ2v) is 9.58. The third-order valence-electron chi connectivity index (χ3n) is 6.15. The van der Waals surface area contributed by atoms with Crippen LogP contribution in [0.4, 0.5) is 29.2 Å². The molecule has 6 rings (SSSR count). The summed E-state index contributed by atoms with van der Waals surface area (Å²) in [6.07, 6.45) is 3.15. The maximum Gasteiger partial charge on any atom is 0.275 e. The standard InChI is InChI=1S/C24H20Cl2N10O2/c25-12-4-6-16-14(10-12)18(20(37)27-16)32-34-22-29-23(31-24(30-22)36-8-2-1-3-9-36)35-33-19-15-11-13(26)5-7-17(15)28-21(19)38/h4-7,10-11,27-28,37-38H,1-3,8-9H2. The van der Waals surface area contributed by atoms with Crippen LogP contribution in [0.1, 0.15) is 19.3 Å². The summed E-state index contributed by atoms with van der Waals surface area (Å²) in [4.78, 5) is 20.9. The number of rotatable bonds is 5. The number of aromatic hydroxyl groups is 2. The lowest BCUT2D eigenvalue weighted by Crippen LogP contribution is -2.31. The summed E-state index contributed by atoms with van der Waals surface area (Å²) >= 11 is 12.2. The number of halogens is 2. The molecule has 4 N–H and O–H groups in total. The summed E-state index contributed by atoms with van der Waals surface area (Å²) in [7, 11) is 0. The van der Waals surface area contributed by atoms with Gasteiger partial charge in [0.2, 0.25) is 17.7 Å². The van der Waals surface area contributed by atoms with E-state index in [4.69, 9.17) is 23.2 Å². The van der Waals surface area contributed by atoms with E-state index in [1.54, 1.807) is 36.4 Å². The molecule has 192 valence electrons. The van der Waals surface area contributed by atoms with E-state index in [0.29, 0.717) is 37.8 Å². The van der Waals surface area contributed by atoms with Crippen LogP contribution in [-0.2, 0) is 0 Å². The molecule has 1 fully saturated rings. The van der Waals surface area contributed by atoms with Gasteiger partial charge in [-0.3, -0.25) is 0 Å². The SMILES string of the molecule is Oc1[nH]c2ccc(Cl)cc2c1N=Nc1nc(N=Nc2c(O)[nH]c3ccc(Cl)cc23)nc(N2CCCCC2)n1. The molecule has 1 aliphatic rings. The molecule has 12 nitrogen and oxygen atoms in total. The first kappa shape index (κ1) is 24.1. The lowest BCUT2D eigenvalue weighted by molar-refractivity contribution is 0.459. The van der Waals surface area contributed by atoms with Crippen LogP contribution in [0.5, 0.6) is 11.8 Å². The van der Waals surface area contributed by atoms with Crippen molar-refractivity contribution in [2.24, 2.45) is 20.5 Å². The fraction of sp³-hybridized carbons (Fsp3) is 0.208. The average molecular weight is 551 g/mol. The first-order valence-electron chi connectivity index (χ1n) is 11.8. The number of benzene rings is 2. The minimum atomic E-state index is -0.162. The van der Waals surface area contributed by atoms with Crippen LogP contribution in [-0.4, -0.2) is 48.2 Å². The van der Waals surface area contributed by atoms with Gasteiger partial charge in [0.25, 0.3) is 11.9 Å². The number of H-pyrrole nitrogens is 2. The maximum absolute atomic E-state index is 10.4. The predicted octanol–water partition coefficient (Wildman–Crippen LogP) is 7.37. The van der Waals surface area contributed by atoms with Crippen molar-refractivity contribution in [2.75, 3.05) is 18.0 Å². The van der Waals surface area contributed by atoms with Gasteiger partial charge in [-0.15, -0.1) is 20.5 Å². The van der Waals surface area contributed by atoms with E-state index in [0.717, 1.165) is 32.4 Å². The molecule has 0 spiro atoms. The van der Waals surface area contributed by atoms with Gasteiger partial charge in [-0.1, -0.05) is 23.2 Å². The van der Waals surface area contributed by atoms with Crippen LogP contribution in [0, 0.1) is 0 Å². The number of fused-ring (bicyclic) bond motifs is 2. The van der Waals surface area contributed by atoms with Gasteiger partial charge in [-0.2, -0.15) is 15.0 Å². The topological polar surface area (TPSA) is 163 Å². The molecule has 0 amide bonds. The summed E-state index contributed by atoms with van der Waals surface area (Å²) < 4.78 is 0. The highest BCUT2D eigenvalue weighted by atomic mass is 35.5. The molecule has 1 saturated heterocycles. The summed E-state index contributed by atoms with van der Waals surface area (Å²) in [6.45, 7) is 1.56. The Bertz CT molecular complexity index is 1610. The van der Waals surface area contributed by atoms with Crippen molar-refractivity contribution in [3.05, 3.63) is 46.4 Å². The number of azo groups is 2. The Labute approximate surface area is 225 Å². The number of aromatic nitrogens is 5. The number of hydrogen-bond donors (Lipinski definition) is 4. The molecule has 2 aromatic carbocycles. The largest absolute Gasteiger partial charge is 0.493 e. The minimum Gasteiger partial charge on any atom is -0.493 e. The summed E-state index contributed by atoms with van der Waals surface area (Å²) in [5, 5.41) is 39.6. The van der Waals surface area contributed by atoms with Crippen LogP contribution in [0.15, 0.2) is 56.9 Å². The number of piperidine rings is 1. The molecule has 0 aliphatic carbocycles. The fourth-order valence-corrected chi connectivity index (χ4v) is 4.68. The van der Waals surface area contributed by atoms with Crippen molar-refractivity contribution in [1.29, 1.82) is 0 Å². The Balaban J connectivity index is 1.40. The number of aromatic amines is 2. The first-order valence-corrected chi connectivity index (χ1v) is 12.5. The second-order valence-electron chi connectivity index (χ2n) is 8.71. The molecule has 0 saturated carbocycles. The van der Waals surface area contributed by atoms with Gasteiger partial charge in [-0.05, 0) is 55.7 Å². The lowest BCUT2D eigenvalue weighted by Gasteiger charge is -2.26. The van der Waals surface area contributed by atoms with Crippen LogP contribution >= 0.6 is 23.2 Å². The van der Waals surface area contributed by atoms with Gasteiger partial charge in [0.15, 0.2) is 11.4 Å². The zero-order valence-corrected chi connectivity index (χ0v) is 21.2. The monoisotopic (exact) mass is 550 g/mol. The summed E-state index contributed by atoms with van der Waals surface area (Å²) in [5.41, 5.74) is 1.70. The molecule has 14 heteroatoms. The minimum absolute atomic E-state index is 0.0171. The lowest BCUT2D eigenvalue weighted by atomic mass is 10.1. The predicted molar refractivity (Wildman–Crippen MR) is 144 cm³/mol. The number of nitrogens with zero attached hydrogens (tertiary/aromatic N) is 8. The van der Waals surface area contributed by atoms with Crippen molar-refractivity contribution < 1.29 is 10.2 Å². The van der Waals surface area contributed by atoms with E-state index in [1.165, 1.54) is 0 Å². The molecule has 0 bridgehead atoms. The Hall–Kier alpha value is -4.29.